The maximum absolute atomic E-state index is 11.7. The van der Waals surface area contributed by atoms with Gasteiger partial charge in [-0.2, -0.15) is 5.10 Å². The molecule has 1 aromatic heterocycles. The summed E-state index contributed by atoms with van der Waals surface area (Å²) in [6.45, 7) is 4.83. The van der Waals surface area contributed by atoms with Gasteiger partial charge in [0.1, 0.15) is 6.33 Å². The van der Waals surface area contributed by atoms with Crippen molar-refractivity contribution in [1.82, 2.24) is 14.8 Å². The first-order chi connectivity index (χ1) is 7.29. The van der Waals surface area contributed by atoms with Crippen LogP contribution in [0.5, 0.6) is 0 Å². The topological polar surface area (TPSA) is 47.8 Å². The fourth-order valence-electron chi connectivity index (χ4n) is 1.54. The molecule has 0 saturated heterocycles. The standard InChI is InChI=1S/C11H19N3O/c1-3-5-6-7-8-10(15)11-12-9-13-14(11)4-2/h9H,3-8H2,1-2H3. The zero-order valence-corrected chi connectivity index (χ0v) is 9.57. The fourth-order valence-corrected chi connectivity index (χ4v) is 1.54. The van der Waals surface area contributed by atoms with Crippen LogP contribution in [-0.4, -0.2) is 20.5 Å². The normalized spacial score (nSPS) is 10.5. The predicted molar refractivity (Wildman–Crippen MR) is 58.8 cm³/mol. The molecule has 0 aliphatic carbocycles. The monoisotopic (exact) mass is 209 g/mol. The first-order valence-corrected chi connectivity index (χ1v) is 5.70. The Morgan fingerprint density at radius 2 is 2.13 bits per heavy atom. The number of hydrogen-bond donors (Lipinski definition) is 0. The summed E-state index contributed by atoms with van der Waals surface area (Å²) < 4.78 is 1.65. The molecule has 0 N–H and O–H groups in total. The van der Waals surface area contributed by atoms with Gasteiger partial charge in [-0.05, 0) is 13.3 Å². The van der Waals surface area contributed by atoms with Gasteiger partial charge >= 0.3 is 0 Å². The van der Waals surface area contributed by atoms with E-state index in [9.17, 15) is 4.79 Å². The number of nitrogens with zero attached hydrogens (tertiary/aromatic N) is 3. The molecule has 84 valence electrons. The lowest BCUT2D eigenvalue weighted by Crippen LogP contribution is -2.10. The van der Waals surface area contributed by atoms with Gasteiger partial charge < -0.3 is 0 Å². The minimum atomic E-state index is 0.116. The predicted octanol–water partition coefficient (Wildman–Crippen LogP) is 2.45. The Kier molecular flexibility index (Phi) is 5.01. The second-order valence-corrected chi connectivity index (χ2v) is 3.63. The number of hydrogen-bond acceptors (Lipinski definition) is 3. The highest BCUT2D eigenvalue weighted by Gasteiger charge is 2.11. The molecule has 4 heteroatoms. The summed E-state index contributed by atoms with van der Waals surface area (Å²) in [6.07, 6.45) is 6.53. The fraction of sp³-hybridized carbons (Fsp3) is 0.727. The second-order valence-electron chi connectivity index (χ2n) is 3.63. The highest BCUT2D eigenvalue weighted by Crippen LogP contribution is 2.07. The largest absolute Gasteiger partial charge is 0.291 e. The highest BCUT2D eigenvalue weighted by atomic mass is 16.1. The summed E-state index contributed by atoms with van der Waals surface area (Å²) in [5.74, 6) is 0.624. The summed E-state index contributed by atoms with van der Waals surface area (Å²) >= 11 is 0. The van der Waals surface area contributed by atoms with Crippen LogP contribution in [0.3, 0.4) is 0 Å². The van der Waals surface area contributed by atoms with Crippen LogP contribution in [0, 0.1) is 0 Å². The Balaban J connectivity index is 2.40. The van der Waals surface area contributed by atoms with Crippen molar-refractivity contribution in [2.24, 2.45) is 0 Å². The van der Waals surface area contributed by atoms with E-state index in [0.717, 1.165) is 12.8 Å². The number of carbonyl (C=O) groups is 1. The number of unbranched alkanes of at least 4 members (excludes halogenated alkanes) is 3. The van der Waals surface area contributed by atoms with E-state index in [-0.39, 0.29) is 5.78 Å². The summed E-state index contributed by atoms with van der Waals surface area (Å²) in [5.41, 5.74) is 0. The zero-order chi connectivity index (χ0) is 11.1. The van der Waals surface area contributed by atoms with Crippen molar-refractivity contribution in [2.45, 2.75) is 52.5 Å². The van der Waals surface area contributed by atoms with Crippen LogP contribution >= 0.6 is 0 Å². The summed E-state index contributed by atoms with van der Waals surface area (Å²) in [6, 6.07) is 0. The van der Waals surface area contributed by atoms with Gasteiger partial charge in [0.25, 0.3) is 0 Å². The molecule has 0 amide bonds. The summed E-state index contributed by atoms with van der Waals surface area (Å²) in [7, 11) is 0. The Bertz CT molecular complexity index is 307. The van der Waals surface area contributed by atoms with Crippen molar-refractivity contribution in [3.63, 3.8) is 0 Å². The Morgan fingerprint density at radius 3 is 2.80 bits per heavy atom. The van der Waals surface area contributed by atoms with E-state index < -0.39 is 0 Å². The maximum atomic E-state index is 11.7. The van der Waals surface area contributed by atoms with Crippen LogP contribution in [0.25, 0.3) is 0 Å². The number of Topliss-reactive ketones (excluding diaryl/α,β-unsaturated/α-hetero) is 1. The number of rotatable bonds is 7. The SMILES string of the molecule is CCCCCCC(=O)c1ncnn1CC. The van der Waals surface area contributed by atoms with E-state index in [1.54, 1.807) is 4.68 Å². The molecule has 0 saturated carbocycles. The van der Waals surface area contributed by atoms with Crippen molar-refractivity contribution in [3.8, 4) is 0 Å². The van der Waals surface area contributed by atoms with Crippen LogP contribution in [-0.2, 0) is 6.54 Å². The Labute approximate surface area is 90.7 Å². The molecule has 0 aliphatic heterocycles. The van der Waals surface area contributed by atoms with Gasteiger partial charge in [-0.25, -0.2) is 9.67 Å². The molecule has 0 fully saturated rings. The third kappa shape index (κ3) is 3.46. The third-order valence-corrected chi connectivity index (χ3v) is 2.42. The molecule has 1 rings (SSSR count). The molecule has 0 atom stereocenters. The van der Waals surface area contributed by atoms with Crippen molar-refractivity contribution in [3.05, 3.63) is 12.2 Å². The van der Waals surface area contributed by atoms with Gasteiger partial charge in [0, 0.05) is 13.0 Å². The molecule has 0 aromatic carbocycles. The van der Waals surface area contributed by atoms with Crippen LogP contribution in [0.2, 0.25) is 0 Å². The number of carbonyl (C=O) groups excluding carboxylic acids is 1. The van der Waals surface area contributed by atoms with Crippen molar-refractivity contribution >= 4 is 5.78 Å². The van der Waals surface area contributed by atoms with Gasteiger partial charge in [-0.15, -0.1) is 0 Å². The van der Waals surface area contributed by atoms with Crippen LogP contribution < -0.4 is 0 Å². The van der Waals surface area contributed by atoms with E-state index in [1.807, 2.05) is 6.92 Å². The first kappa shape index (κ1) is 11.9. The average Bonchev–Trinajstić information content (AvgIpc) is 2.72. The molecule has 15 heavy (non-hydrogen) atoms. The molecule has 0 bridgehead atoms. The Morgan fingerprint density at radius 1 is 1.33 bits per heavy atom. The van der Waals surface area contributed by atoms with E-state index >= 15 is 0 Å². The maximum Gasteiger partial charge on any atom is 0.199 e. The lowest BCUT2D eigenvalue weighted by Gasteiger charge is -2.01. The quantitative estimate of drug-likeness (QED) is 0.512. The van der Waals surface area contributed by atoms with E-state index in [0.29, 0.717) is 18.8 Å². The average molecular weight is 209 g/mol. The number of ketones is 1. The number of aryl methyl sites for hydroxylation is 1. The molecule has 1 heterocycles. The Hall–Kier alpha value is -1.19. The molecular weight excluding hydrogens is 190 g/mol. The highest BCUT2D eigenvalue weighted by molar-refractivity contribution is 5.92. The summed E-state index contributed by atoms with van der Waals surface area (Å²) in [4.78, 5) is 15.7. The van der Waals surface area contributed by atoms with Crippen molar-refractivity contribution < 1.29 is 4.79 Å². The van der Waals surface area contributed by atoms with E-state index in [1.165, 1.54) is 19.2 Å². The molecule has 0 radical (unpaired) electrons. The van der Waals surface area contributed by atoms with Gasteiger partial charge in [0.15, 0.2) is 11.6 Å². The number of aromatic nitrogens is 3. The molecule has 4 nitrogen and oxygen atoms in total. The molecule has 0 aliphatic rings. The smallest absolute Gasteiger partial charge is 0.199 e. The van der Waals surface area contributed by atoms with Gasteiger partial charge in [0.05, 0.1) is 0 Å². The zero-order valence-electron chi connectivity index (χ0n) is 9.57. The third-order valence-electron chi connectivity index (χ3n) is 2.42. The van der Waals surface area contributed by atoms with Gasteiger partial charge in [-0.3, -0.25) is 4.79 Å². The van der Waals surface area contributed by atoms with Gasteiger partial charge in [-0.1, -0.05) is 26.2 Å². The molecule has 0 spiro atoms. The van der Waals surface area contributed by atoms with Crippen LogP contribution in [0.4, 0.5) is 0 Å². The van der Waals surface area contributed by atoms with Gasteiger partial charge in [0.2, 0.25) is 0 Å². The van der Waals surface area contributed by atoms with Crippen molar-refractivity contribution in [2.75, 3.05) is 0 Å². The molecule has 0 unspecified atom stereocenters. The molecular formula is C11H19N3O. The minimum absolute atomic E-state index is 0.116. The summed E-state index contributed by atoms with van der Waals surface area (Å²) in [5, 5.41) is 3.98. The second kappa shape index (κ2) is 6.32. The lowest BCUT2D eigenvalue weighted by atomic mass is 10.1. The first-order valence-electron chi connectivity index (χ1n) is 5.70. The van der Waals surface area contributed by atoms with E-state index in [4.69, 9.17) is 0 Å². The van der Waals surface area contributed by atoms with Crippen LogP contribution in [0.1, 0.15) is 56.6 Å². The minimum Gasteiger partial charge on any atom is -0.291 e. The lowest BCUT2D eigenvalue weighted by molar-refractivity contribution is 0.0963. The van der Waals surface area contributed by atoms with E-state index in [2.05, 4.69) is 17.0 Å². The van der Waals surface area contributed by atoms with Crippen molar-refractivity contribution in [1.29, 1.82) is 0 Å². The molecule has 1 aromatic rings. The van der Waals surface area contributed by atoms with Crippen LogP contribution in [0.15, 0.2) is 6.33 Å².